The maximum atomic E-state index is 13.2. The van der Waals surface area contributed by atoms with Crippen molar-refractivity contribution in [3.63, 3.8) is 0 Å². The van der Waals surface area contributed by atoms with Crippen LogP contribution in [0.1, 0.15) is 478 Å². The molecule has 107 heavy (non-hydrogen) atoms. The molecule has 3 N–H and O–H groups in total. The average molecular weight is 1560 g/mol. The van der Waals surface area contributed by atoms with E-state index in [1.165, 1.54) is 302 Å². The Morgan fingerprint density at radius 3 is 0.664 bits per heavy atom. The summed E-state index contributed by atoms with van der Waals surface area (Å²) in [5.74, 6) is -1.32. The predicted octanol–water partition coefficient (Wildman–Crippen LogP) is 27.2. The number of rotatable bonds is 88. The van der Waals surface area contributed by atoms with Crippen molar-refractivity contribution in [2.24, 2.45) is 5.92 Å². The lowest BCUT2D eigenvalue weighted by Gasteiger charge is -2.21. The third kappa shape index (κ3) is 80.5. The predicted molar refractivity (Wildman–Crippen MR) is 442 cm³/mol. The van der Waals surface area contributed by atoms with Gasteiger partial charge in [-0.25, -0.2) is 9.13 Å². The molecule has 0 rings (SSSR count). The number of carbonyl (C=O) groups is 4. The summed E-state index contributed by atoms with van der Waals surface area (Å²) in [6.07, 6.45) is 75.0. The molecule has 0 aromatic carbocycles. The summed E-state index contributed by atoms with van der Waals surface area (Å²) in [6.45, 7) is 7.38. The number of ether oxygens (including phenoxy) is 4. The number of phosphoric acid groups is 2. The number of aliphatic hydroxyl groups excluding tert-OH is 1. The van der Waals surface area contributed by atoms with Crippen LogP contribution >= 0.6 is 15.6 Å². The van der Waals surface area contributed by atoms with Gasteiger partial charge in [-0.1, -0.05) is 426 Å². The van der Waals surface area contributed by atoms with Gasteiger partial charge in [0.25, 0.3) is 0 Å². The molecule has 636 valence electrons. The number of esters is 4. The first-order chi connectivity index (χ1) is 52.1. The average Bonchev–Trinajstić information content (AvgIpc) is 0.901. The molecule has 0 fully saturated rings. The molecule has 0 aromatic heterocycles. The molecule has 0 spiro atoms. The lowest BCUT2D eigenvalue weighted by molar-refractivity contribution is -0.161. The first-order valence-corrected chi connectivity index (χ1v) is 48.7. The van der Waals surface area contributed by atoms with E-state index >= 15 is 0 Å². The van der Waals surface area contributed by atoms with Crippen LogP contribution < -0.4 is 0 Å². The number of unbranched alkanes of at least 4 members (excludes halogenated alkanes) is 59. The van der Waals surface area contributed by atoms with Crippen LogP contribution in [0.25, 0.3) is 0 Å². The van der Waals surface area contributed by atoms with Crippen LogP contribution in [0.2, 0.25) is 0 Å². The van der Waals surface area contributed by atoms with E-state index in [2.05, 4.69) is 34.6 Å². The summed E-state index contributed by atoms with van der Waals surface area (Å²) in [5, 5.41) is 10.7. The van der Waals surface area contributed by atoms with Gasteiger partial charge in [-0.15, -0.1) is 0 Å². The molecule has 19 heteroatoms. The summed E-state index contributed by atoms with van der Waals surface area (Å²) in [5.41, 5.74) is 0. The highest BCUT2D eigenvalue weighted by atomic mass is 31.2. The van der Waals surface area contributed by atoms with Gasteiger partial charge in [-0.3, -0.25) is 37.3 Å². The van der Waals surface area contributed by atoms with Crippen LogP contribution in [0.15, 0.2) is 0 Å². The lowest BCUT2D eigenvalue weighted by atomic mass is 9.99. The molecule has 0 aromatic rings. The Kier molecular flexibility index (Phi) is 79.2. The zero-order valence-corrected chi connectivity index (χ0v) is 72.1. The maximum absolute atomic E-state index is 13.2. The van der Waals surface area contributed by atoms with Crippen LogP contribution in [-0.2, 0) is 65.4 Å². The smallest absolute Gasteiger partial charge is 0.462 e. The molecule has 0 aliphatic carbocycles. The first kappa shape index (κ1) is 105. The molecule has 17 nitrogen and oxygen atoms in total. The topological polar surface area (TPSA) is 237 Å². The van der Waals surface area contributed by atoms with Gasteiger partial charge in [0.1, 0.15) is 19.3 Å². The fourth-order valence-electron chi connectivity index (χ4n) is 13.8. The summed E-state index contributed by atoms with van der Waals surface area (Å²) < 4.78 is 69.0. The highest BCUT2D eigenvalue weighted by Crippen LogP contribution is 2.45. The quantitative estimate of drug-likeness (QED) is 0.0222. The number of phosphoric ester groups is 2. The molecular weight excluding hydrogens is 1390 g/mol. The molecule has 0 aliphatic heterocycles. The number of hydrogen-bond donors (Lipinski definition) is 3. The zero-order chi connectivity index (χ0) is 78.3. The monoisotopic (exact) mass is 1560 g/mol. The van der Waals surface area contributed by atoms with Crippen molar-refractivity contribution in [1.29, 1.82) is 0 Å². The normalized spacial score (nSPS) is 14.0. The standard InChI is InChI=1S/C88H172O17P2/c1-6-10-13-16-19-22-25-28-31-33-35-36-38-40-43-46-49-52-59-64-69-74-87(92)104-83(77-98-85(90)71-66-61-56-50-47-44-42-39-37-34-32-29-26-23-20-17-14-11-7-2)79-102-106(94,95)100-75-82(89)76-101-107(96,97)103-80-84(78-99-86(91)72-67-62-57-54-53-55-60-65-70-81(5)9-4)105-88(93)73-68-63-58-51-48-45-41-30-27-24-21-18-15-12-8-3/h81-84,89H,6-80H2,1-5H3,(H,94,95)(H,96,97)/t81?,82-,83-,84-/m1/s1. The van der Waals surface area contributed by atoms with Gasteiger partial charge >= 0.3 is 39.5 Å². The highest BCUT2D eigenvalue weighted by Gasteiger charge is 2.30. The van der Waals surface area contributed by atoms with Crippen molar-refractivity contribution in [3.05, 3.63) is 0 Å². The van der Waals surface area contributed by atoms with Gasteiger partial charge in [0.2, 0.25) is 0 Å². The third-order valence-corrected chi connectivity index (χ3v) is 23.0. The Bertz CT molecular complexity index is 2030. The fourth-order valence-corrected chi connectivity index (χ4v) is 15.4. The van der Waals surface area contributed by atoms with Crippen molar-refractivity contribution >= 4 is 39.5 Å². The summed E-state index contributed by atoms with van der Waals surface area (Å²) in [6, 6.07) is 0. The fraction of sp³-hybridized carbons (Fsp3) is 0.955. The number of hydrogen-bond acceptors (Lipinski definition) is 15. The summed E-state index contributed by atoms with van der Waals surface area (Å²) >= 11 is 0. The van der Waals surface area contributed by atoms with E-state index in [-0.39, 0.29) is 25.7 Å². The highest BCUT2D eigenvalue weighted by molar-refractivity contribution is 7.47. The van der Waals surface area contributed by atoms with Crippen LogP contribution in [0.3, 0.4) is 0 Å². The molecule has 6 atom stereocenters. The van der Waals surface area contributed by atoms with Crippen molar-refractivity contribution in [3.8, 4) is 0 Å². The van der Waals surface area contributed by atoms with Crippen LogP contribution in [0, 0.1) is 5.92 Å². The molecule has 0 heterocycles. The second kappa shape index (κ2) is 80.7. The van der Waals surface area contributed by atoms with Crippen LogP contribution in [0.5, 0.6) is 0 Å². The minimum absolute atomic E-state index is 0.108. The first-order valence-electron chi connectivity index (χ1n) is 45.7. The van der Waals surface area contributed by atoms with Gasteiger partial charge in [0, 0.05) is 25.7 Å². The summed E-state index contributed by atoms with van der Waals surface area (Å²) in [4.78, 5) is 73.3. The van der Waals surface area contributed by atoms with Crippen molar-refractivity contribution in [2.75, 3.05) is 39.6 Å². The van der Waals surface area contributed by atoms with Crippen molar-refractivity contribution in [2.45, 2.75) is 496 Å². The molecule has 0 radical (unpaired) electrons. The van der Waals surface area contributed by atoms with Crippen molar-refractivity contribution < 1.29 is 80.2 Å². The second-order valence-electron chi connectivity index (χ2n) is 31.9. The molecule has 0 saturated carbocycles. The Labute approximate surface area is 658 Å². The zero-order valence-electron chi connectivity index (χ0n) is 70.3. The number of carbonyl (C=O) groups excluding carboxylic acids is 4. The minimum Gasteiger partial charge on any atom is -0.462 e. The third-order valence-electron chi connectivity index (χ3n) is 21.1. The lowest BCUT2D eigenvalue weighted by Crippen LogP contribution is -2.30. The van der Waals surface area contributed by atoms with Gasteiger partial charge in [0.05, 0.1) is 26.4 Å². The second-order valence-corrected chi connectivity index (χ2v) is 34.8. The maximum Gasteiger partial charge on any atom is 0.472 e. The summed E-state index contributed by atoms with van der Waals surface area (Å²) in [7, 11) is -9.93. The van der Waals surface area contributed by atoms with E-state index in [1.807, 2.05) is 0 Å². The van der Waals surface area contributed by atoms with Gasteiger partial charge < -0.3 is 33.8 Å². The van der Waals surface area contributed by atoms with E-state index < -0.39 is 97.5 Å². The van der Waals surface area contributed by atoms with Gasteiger partial charge in [-0.05, 0) is 31.6 Å². The SMILES string of the molecule is CCCCCCCCCCCCCCCCCCCCCCCC(=O)O[C@H](COC(=O)CCCCCCCCCCCCCCCCCCCCC)COP(=O)(O)OC[C@@H](O)COP(=O)(O)OC[C@@H](COC(=O)CCCCCCCCCCC(C)CC)OC(=O)CCCCCCCCCCCCCCCCC. The van der Waals surface area contributed by atoms with E-state index in [1.54, 1.807) is 0 Å². The van der Waals surface area contributed by atoms with E-state index in [0.29, 0.717) is 25.7 Å². The minimum atomic E-state index is -4.97. The Morgan fingerprint density at radius 1 is 0.262 bits per heavy atom. The largest absolute Gasteiger partial charge is 0.472 e. The molecule has 0 bridgehead atoms. The molecule has 3 unspecified atom stereocenters. The van der Waals surface area contributed by atoms with Crippen LogP contribution in [0.4, 0.5) is 0 Å². The molecule has 0 saturated heterocycles. The van der Waals surface area contributed by atoms with E-state index in [0.717, 1.165) is 95.8 Å². The van der Waals surface area contributed by atoms with E-state index in [4.69, 9.17) is 37.0 Å². The van der Waals surface area contributed by atoms with Gasteiger partial charge in [-0.2, -0.15) is 0 Å². The molecule has 0 aliphatic rings. The van der Waals surface area contributed by atoms with Crippen LogP contribution in [-0.4, -0.2) is 96.7 Å². The molecule has 0 amide bonds. The number of aliphatic hydroxyl groups is 1. The van der Waals surface area contributed by atoms with E-state index in [9.17, 15) is 43.2 Å². The Morgan fingerprint density at radius 2 is 0.449 bits per heavy atom. The van der Waals surface area contributed by atoms with Crippen molar-refractivity contribution in [1.82, 2.24) is 0 Å². The Hall–Kier alpha value is -1.94. The van der Waals surface area contributed by atoms with Gasteiger partial charge in [0.15, 0.2) is 12.2 Å². The Balaban J connectivity index is 5.24. The molecular formula is C88H172O17P2.